The molecular weight excluding hydrogens is 233 g/mol. The normalized spacial score (nSPS) is 10.2. The molecule has 2 rings (SSSR count). The lowest BCUT2D eigenvalue weighted by molar-refractivity contribution is 0.356. The molecule has 0 unspecified atom stereocenters. The number of halogens is 1. The van der Waals surface area contributed by atoms with Gasteiger partial charge in [0.1, 0.15) is 5.82 Å². The predicted octanol–water partition coefficient (Wildman–Crippen LogP) is 3.09. The second kappa shape index (κ2) is 4.96. The standard InChI is InChI=1S/C14H14FNO2/c1-17-13-5-3-4-11(14(13)18-2)10-7-6-9(15)8-12(10)16/h3-8H,16H2,1-2H3. The molecular formula is C14H14FNO2. The van der Waals surface area contributed by atoms with Gasteiger partial charge in [-0.15, -0.1) is 0 Å². The van der Waals surface area contributed by atoms with Gasteiger partial charge in [0.2, 0.25) is 0 Å². The molecule has 0 fully saturated rings. The lowest BCUT2D eigenvalue weighted by Crippen LogP contribution is -1.96. The van der Waals surface area contributed by atoms with Crippen molar-refractivity contribution in [1.29, 1.82) is 0 Å². The fourth-order valence-corrected chi connectivity index (χ4v) is 1.88. The minimum atomic E-state index is -0.363. The smallest absolute Gasteiger partial charge is 0.168 e. The third-order valence-electron chi connectivity index (χ3n) is 2.71. The van der Waals surface area contributed by atoms with E-state index in [-0.39, 0.29) is 5.82 Å². The molecule has 0 bridgehead atoms. The Morgan fingerprint density at radius 3 is 2.39 bits per heavy atom. The number of methoxy groups -OCH3 is 2. The van der Waals surface area contributed by atoms with Crippen LogP contribution in [0.15, 0.2) is 36.4 Å². The summed E-state index contributed by atoms with van der Waals surface area (Å²) in [5, 5.41) is 0. The summed E-state index contributed by atoms with van der Waals surface area (Å²) in [5.74, 6) is 0.829. The molecule has 0 amide bonds. The van der Waals surface area contributed by atoms with Crippen LogP contribution in [0.3, 0.4) is 0 Å². The molecule has 2 N–H and O–H groups in total. The number of rotatable bonds is 3. The number of nitrogen functional groups attached to an aromatic ring is 1. The highest BCUT2D eigenvalue weighted by Crippen LogP contribution is 2.39. The zero-order chi connectivity index (χ0) is 13.1. The molecule has 0 aliphatic rings. The lowest BCUT2D eigenvalue weighted by Gasteiger charge is -2.14. The van der Waals surface area contributed by atoms with Crippen LogP contribution >= 0.6 is 0 Å². The van der Waals surface area contributed by atoms with E-state index in [1.807, 2.05) is 12.1 Å². The Morgan fingerprint density at radius 1 is 1.00 bits per heavy atom. The minimum absolute atomic E-state index is 0.363. The summed E-state index contributed by atoms with van der Waals surface area (Å²) < 4.78 is 23.6. The first kappa shape index (κ1) is 12.2. The van der Waals surface area contributed by atoms with E-state index in [2.05, 4.69) is 0 Å². The van der Waals surface area contributed by atoms with Crippen molar-refractivity contribution in [3.8, 4) is 22.6 Å². The van der Waals surface area contributed by atoms with E-state index in [0.29, 0.717) is 22.7 Å². The number of hydrogen-bond donors (Lipinski definition) is 1. The maximum atomic E-state index is 13.1. The Hall–Kier alpha value is -2.23. The van der Waals surface area contributed by atoms with Crippen LogP contribution in [0.4, 0.5) is 10.1 Å². The summed E-state index contributed by atoms with van der Waals surface area (Å²) in [6, 6.07) is 9.76. The molecule has 4 heteroatoms. The first-order valence-corrected chi connectivity index (χ1v) is 5.43. The molecule has 3 nitrogen and oxygen atoms in total. The summed E-state index contributed by atoms with van der Waals surface area (Å²) in [7, 11) is 3.12. The van der Waals surface area contributed by atoms with Gasteiger partial charge < -0.3 is 15.2 Å². The Bertz CT molecular complexity index is 570. The SMILES string of the molecule is COc1cccc(-c2ccc(F)cc2N)c1OC. The van der Waals surface area contributed by atoms with E-state index in [9.17, 15) is 4.39 Å². The van der Waals surface area contributed by atoms with Crippen LogP contribution in [0.1, 0.15) is 0 Å². The molecule has 0 aromatic heterocycles. The molecule has 2 aromatic rings. The summed E-state index contributed by atoms with van der Waals surface area (Å²) >= 11 is 0. The Morgan fingerprint density at radius 2 is 1.78 bits per heavy atom. The van der Waals surface area contributed by atoms with Gasteiger partial charge >= 0.3 is 0 Å². The molecule has 0 radical (unpaired) electrons. The lowest BCUT2D eigenvalue weighted by atomic mass is 10.0. The molecule has 0 aliphatic heterocycles. The second-order valence-corrected chi connectivity index (χ2v) is 3.77. The van der Waals surface area contributed by atoms with E-state index < -0.39 is 0 Å². The van der Waals surface area contributed by atoms with Gasteiger partial charge in [-0.1, -0.05) is 12.1 Å². The molecule has 0 heterocycles. The van der Waals surface area contributed by atoms with E-state index >= 15 is 0 Å². The maximum Gasteiger partial charge on any atom is 0.168 e. The van der Waals surface area contributed by atoms with Crippen LogP contribution in [0.2, 0.25) is 0 Å². The molecule has 94 valence electrons. The van der Waals surface area contributed by atoms with Crippen molar-refractivity contribution in [2.24, 2.45) is 0 Å². The number of anilines is 1. The largest absolute Gasteiger partial charge is 0.493 e. The number of nitrogens with two attached hydrogens (primary N) is 1. The second-order valence-electron chi connectivity index (χ2n) is 3.77. The quantitative estimate of drug-likeness (QED) is 0.848. The van der Waals surface area contributed by atoms with Gasteiger partial charge in [-0.3, -0.25) is 0 Å². The zero-order valence-corrected chi connectivity index (χ0v) is 10.2. The summed E-state index contributed by atoms with van der Waals surface area (Å²) in [4.78, 5) is 0. The molecule has 0 spiro atoms. The van der Waals surface area contributed by atoms with Gasteiger partial charge in [-0.2, -0.15) is 0 Å². The highest BCUT2D eigenvalue weighted by Gasteiger charge is 2.13. The monoisotopic (exact) mass is 247 g/mol. The Kier molecular flexibility index (Phi) is 3.37. The average Bonchev–Trinajstić information content (AvgIpc) is 2.37. The third-order valence-corrected chi connectivity index (χ3v) is 2.71. The van der Waals surface area contributed by atoms with Crippen molar-refractivity contribution in [2.45, 2.75) is 0 Å². The van der Waals surface area contributed by atoms with Crippen LogP contribution in [0.25, 0.3) is 11.1 Å². The summed E-state index contributed by atoms with van der Waals surface area (Å²) in [6.45, 7) is 0. The first-order chi connectivity index (χ1) is 8.67. The Balaban J connectivity index is 2.63. The molecule has 0 atom stereocenters. The van der Waals surface area contributed by atoms with Crippen molar-refractivity contribution in [3.63, 3.8) is 0 Å². The van der Waals surface area contributed by atoms with E-state index in [1.54, 1.807) is 26.4 Å². The van der Waals surface area contributed by atoms with Gasteiger partial charge in [-0.25, -0.2) is 4.39 Å². The highest BCUT2D eigenvalue weighted by atomic mass is 19.1. The van der Waals surface area contributed by atoms with E-state index in [0.717, 1.165) is 5.56 Å². The van der Waals surface area contributed by atoms with Gasteiger partial charge in [0.25, 0.3) is 0 Å². The van der Waals surface area contributed by atoms with E-state index in [1.165, 1.54) is 12.1 Å². The molecule has 0 saturated heterocycles. The van der Waals surface area contributed by atoms with Crippen molar-refractivity contribution < 1.29 is 13.9 Å². The maximum absolute atomic E-state index is 13.1. The minimum Gasteiger partial charge on any atom is -0.493 e. The molecule has 18 heavy (non-hydrogen) atoms. The first-order valence-electron chi connectivity index (χ1n) is 5.43. The van der Waals surface area contributed by atoms with Crippen molar-refractivity contribution in [3.05, 3.63) is 42.2 Å². The third kappa shape index (κ3) is 2.09. The van der Waals surface area contributed by atoms with E-state index in [4.69, 9.17) is 15.2 Å². The van der Waals surface area contributed by atoms with Crippen LogP contribution in [0, 0.1) is 5.82 Å². The summed E-state index contributed by atoms with van der Waals surface area (Å²) in [5.41, 5.74) is 7.68. The highest BCUT2D eigenvalue weighted by molar-refractivity contribution is 5.82. The van der Waals surface area contributed by atoms with Crippen molar-refractivity contribution in [2.75, 3.05) is 20.0 Å². The van der Waals surface area contributed by atoms with Crippen LogP contribution in [-0.2, 0) is 0 Å². The number of hydrogen-bond acceptors (Lipinski definition) is 3. The average molecular weight is 247 g/mol. The molecule has 0 saturated carbocycles. The van der Waals surface area contributed by atoms with Crippen LogP contribution < -0.4 is 15.2 Å². The van der Waals surface area contributed by atoms with Gasteiger partial charge in [0, 0.05) is 16.8 Å². The molecule has 2 aromatic carbocycles. The van der Waals surface area contributed by atoms with Gasteiger partial charge in [0.15, 0.2) is 11.5 Å². The van der Waals surface area contributed by atoms with Crippen molar-refractivity contribution in [1.82, 2.24) is 0 Å². The molecule has 0 aliphatic carbocycles. The van der Waals surface area contributed by atoms with Gasteiger partial charge in [0.05, 0.1) is 14.2 Å². The zero-order valence-electron chi connectivity index (χ0n) is 10.2. The van der Waals surface area contributed by atoms with Crippen molar-refractivity contribution >= 4 is 5.69 Å². The Labute approximate surface area is 105 Å². The number of para-hydroxylation sites is 1. The van der Waals surface area contributed by atoms with Crippen LogP contribution in [-0.4, -0.2) is 14.2 Å². The summed E-state index contributed by atoms with van der Waals surface area (Å²) in [6.07, 6.45) is 0. The number of benzene rings is 2. The van der Waals surface area contributed by atoms with Gasteiger partial charge in [-0.05, 0) is 24.3 Å². The topological polar surface area (TPSA) is 44.5 Å². The van der Waals surface area contributed by atoms with Crippen LogP contribution in [0.5, 0.6) is 11.5 Å². The number of ether oxygens (including phenoxy) is 2. The predicted molar refractivity (Wildman–Crippen MR) is 69.4 cm³/mol. The fraction of sp³-hybridized carbons (Fsp3) is 0.143. The fourth-order valence-electron chi connectivity index (χ4n) is 1.88.